The second kappa shape index (κ2) is 6.57. The Morgan fingerprint density at radius 1 is 1.32 bits per heavy atom. The molecule has 2 aliphatic heterocycles. The van der Waals surface area contributed by atoms with Gasteiger partial charge in [-0.2, -0.15) is 4.31 Å². The van der Waals surface area contributed by atoms with Crippen molar-refractivity contribution in [3.63, 3.8) is 0 Å². The number of sulfone groups is 1. The number of nitrogens with zero attached hydrogens (tertiary/aromatic N) is 3. The number of aromatic nitrogens is 1. The number of rotatable bonds is 3. The molecule has 0 bridgehead atoms. The van der Waals surface area contributed by atoms with Crippen LogP contribution >= 0.6 is 0 Å². The highest BCUT2D eigenvalue weighted by atomic mass is 32.2. The minimum Gasteiger partial charge on any atom is -0.360 e. The van der Waals surface area contributed by atoms with Crippen LogP contribution in [0.25, 0.3) is 0 Å². The topological polar surface area (TPSA) is 130 Å². The second-order valence-electron chi connectivity index (χ2n) is 6.21. The van der Waals surface area contributed by atoms with E-state index in [2.05, 4.69) is 10.5 Å². The Morgan fingerprint density at radius 2 is 2.00 bits per heavy atom. The summed E-state index contributed by atoms with van der Waals surface area (Å²) in [4.78, 5) is 13.6. The predicted molar refractivity (Wildman–Crippen MR) is 89.4 cm³/mol. The molecule has 2 saturated heterocycles. The lowest BCUT2D eigenvalue weighted by atomic mass is 10.4. The third kappa shape index (κ3) is 3.96. The Bertz CT molecular complexity index is 855. The largest absolute Gasteiger partial charge is 0.360 e. The summed E-state index contributed by atoms with van der Waals surface area (Å²) in [5.41, 5.74) is 0. The van der Waals surface area contributed by atoms with Crippen LogP contribution in [-0.4, -0.2) is 80.2 Å². The lowest BCUT2D eigenvalue weighted by molar-refractivity contribution is 0.184. The van der Waals surface area contributed by atoms with Crippen LogP contribution in [0.15, 0.2) is 10.6 Å². The van der Waals surface area contributed by atoms with E-state index in [1.807, 2.05) is 0 Å². The molecule has 3 rings (SSSR count). The molecule has 0 aliphatic carbocycles. The van der Waals surface area contributed by atoms with Gasteiger partial charge in [-0.3, -0.25) is 5.32 Å². The molecular weight excluding hydrogens is 372 g/mol. The van der Waals surface area contributed by atoms with Gasteiger partial charge in [0.15, 0.2) is 15.7 Å². The SMILES string of the molecule is Cc1cc(NC(=O)N2CCN(S(=O)(=O)C3CCS(=O)(=O)C3)CC2)no1. The van der Waals surface area contributed by atoms with Crippen LogP contribution in [0, 0.1) is 6.92 Å². The zero-order valence-electron chi connectivity index (χ0n) is 13.7. The van der Waals surface area contributed by atoms with Crippen LogP contribution in [0.3, 0.4) is 0 Å². The van der Waals surface area contributed by atoms with Gasteiger partial charge in [0.2, 0.25) is 10.0 Å². The van der Waals surface area contributed by atoms with Crippen molar-refractivity contribution in [2.45, 2.75) is 18.6 Å². The summed E-state index contributed by atoms with van der Waals surface area (Å²) < 4.78 is 54.3. The second-order valence-corrected chi connectivity index (χ2v) is 10.7. The van der Waals surface area contributed by atoms with Crippen molar-refractivity contribution in [2.75, 3.05) is 43.0 Å². The number of carbonyl (C=O) groups excluding carboxylic acids is 1. The summed E-state index contributed by atoms with van der Waals surface area (Å²) in [6, 6.07) is 1.20. The van der Waals surface area contributed by atoms with Crippen LogP contribution in [0.1, 0.15) is 12.2 Å². The maximum absolute atomic E-state index is 12.6. The van der Waals surface area contributed by atoms with Crippen LogP contribution in [0.2, 0.25) is 0 Å². The van der Waals surface area contributed by atoms with E-state index in [1.54, 1.807) is 13.0 Å². The van der Waals surface area contributed by atoms with E-state index in [9.17, 15) is 21.6 Å². The molecule has 140 valence electrons. The number of anilines is 1. The van der Waals surface area contributed by atoms with E-state index in [-0.39, 0.29) is 50.1 Å². The van der Waals surface area contributed by atoms with E-state index >= 15 is 0 Å². The van der Waals surface area contributed by atoms with Gasteiger partial charge >= 0.3 is 6.03 Å². The highest BCUT2D eigenvalue weighted by molar-refractivity contribution is 7.95. The van der Waals surface area contributed by atoms with Crippen molar-refractivity contribution < 1.29 is 26.2 Å². The van der Waals surface area contributed by atoms with Crippen molar-refractivity contribution in [3.8, 4) is 0 Å². The molecular formula is C13H20N4O6S2. The average Bonchev–Trinajstić information content (AvgIpc) is 3.13. The van der Waals surface area contributed by atoms with Gasteiger partial charge in [-0.25, -0.2) is 21.6 Å². The highest BCUT2D eigenvalue weighted by Gasteiger charge is 2.41. The van der Waals surface area contributed by atoms with E-state index in [4.69, 9.17) is 4.52 Å². The number of urea groups is 1. The number of amides is 2. The number of sulfonamides is 1. The number of aryl methyl sites for hydroxylation is 1. The molecule has 1 unspecified atom stereocenters. The molecule has 12 heteroatoms. The average molecular weight is 392 g/mol. The molecule has 10 nitrogen and oxygen atoms in total. The number of hydrogen-bond acceptors (Lipinski definition) is 7. The normalized spacial score (nSPS) is 24.4. The van der Waals surface area contributed by atoms with Crippen molar-refractivity contribution >= 4 is 31.7 Å². The molecule has 0 spiro atoms. The van der Waals surface area contributed by atoms with Gasteiger partial charge in [-0.05, 0) is 13.3 Å². The zero-order valence-corrected chi connectivity index (χ0v) is 15.3. The van der Waals surface area contributed by atoms with E-state index in [1.165, 1.54) is 9.21 Å². The van der Waals surface area contributed by atoms with Gasteiger partial charge < -0.3 is 9.42 Å². The smallest absolute Gasteiger partial charge is 0.323 e. The summed E-state index contributed by atoms with van der Waals surface area (Å²) >= 11 is 0. The molecule has 0 radical (unpaired) electrons. The first-order valence-corrected chi connectivity index (χ1v) is 11.2. The van der Waals surface area contributed by atoms with Gasteiger partial charge in [-0.15, -0.1) is 0 Å². The van der Waals surface area contributed by atoms with Crippen molar-refractivity contribution in [3.05, 3.63) is 11.8 Å². The molecule has 1 atom stereocenters. The van der Waals surface area contributed by atoms with Crippen LogP contribution in [0.4, 0.5) is 10.6 Å². The Labute approximate surface area is 146 Å². The number of hydrogen-bond donors (Lipinski definition) is 1. The summed E-state index contributed by atoms with van der Waals surface area (Å²) in [5, 5.41) is 5.38. The highest BCUT2D eigenvalue weighted by Crippen LogP contribution is 2.23. The Kier molecular flexibility index (Phi) is 4.77. The third-order valence-corrected chi connectivity index (χ3v) is 8.67. The first-order valence-electron chi connectivity index (χ1n) is 7.86. The zero-order chi connectivity index (χ0) is 18.2. The fraction of sp³-hybridized carbons (Fsp3) is 0.692. The molecule has 1 N–H and O–H groups in total. The van der Waals surface area contributed by atoms with Gasteiger partial charge in [0.25, 0.3) is 0 Å². The van der Waals surface area contributed by atoms with Crippen LogP contribution < -0.4 is 5.32 Å². The third-order valence-electron chi connectivity index (χ3n) is 4.36. The van der Waals surface area contributed by atoms with Gasteiger partial charge in [-0.1, -0.05) is 5.16 Å². The lowest BCUT2D eigenvalue weighted by Crippen LogP contribution is -2.53. The number of nitrogens with one attached hydrogen (secondary N) is 1. The van der Waals surface area contributed by atoms with E-state index in [0.29, 0.717) is 11.6 Å². The van der Waals surface area contributed by atoms with Crippen molar-refractivity contribution in [1.29, 1.82) is 0 Å². The molecule has 3 heterocycles. The molecule has 1 aromatic rings. The van der Waals surface area contributed by atoms with Crippen LogP contribution in [0.5, 0.6) is 0 Å². The first-order chi connectivity index (χ1) is 11.7. The van der Waals surface area contributed by atoms with Gasteiger partial charge in [0.1, 0.15) is 5.76 Å². The molecule has 2 fully saturated rings. The molecule has 0 saturated carbocycles. The fourth-order valence-corrected chi connectivity index (χ4v) is 7.48. The maximum atomic E-state index is 12.6. The minimum atomic E-state index is -3.67. The van der Waals surface area contributed by atoms with E-state index in [0.717, 1.165) is 0 Å². The monoisotopic (exact) mass is 392 g/mol. The molecule has 1 aromatic heterocycles. The molecule has 2 amide bonds. The summed E-state index contributed by atoms with van der Waals surface area (Å²) in [5.74, 6) is 0.462. The Morgan fingerprint density at radius 3 is 2.52 bits per heavy atom. The van der Waals surface area contributed by atoms with Gasteiger partial charge in [0, 0.05) is 32.2 Å². The molecule has 0 aromatic carbocycles. The standard InChI is InChI=1S/C13H20N4O6S2/c1-10-8-12(15-23-10)14-13(18)16-3-5-17(6-4-16)25(21,22)11-2-7-24(19,20)9-11/h8,11H,2-7,9H2,1H3,(H,14,15,18). The lowest BCUT2D eigenvalue weighted by Gasteiger charge is -2.34. The van der Waals surface area contributed by atoms with Crippen LogP contribution in [-0.2, 0) is 19.9 Å². The fourth-order valence-electron chi connectivity index (χ4n) is 2.97. The van der Waals surface area contributed by atoms with Crippen molar-refractivity contribution in [1.82, 2.24) is 14.4 Å². The number of piperazine rings is 1. The summed E-state index contributed by atoms with van der Waals surface area (Å²) in [6.07, 6.45) is 0.136. The number of carbonyl (C=O) groups is 1. The Balaban J connectivity index is 1.57. The minimum absolute atomic E-state index is 0.0869. The maximum Gasteiger partial charge on any atom is 0.323 e. The predicted octanol–water partition coefficient (Wildman–Crippen LogP) is -0.351. The quantitative estimate of drug-likeness (QED) is 0.744. The first kappa shape index (κ1) is 18.1. The summed E-state index contributed by atoms with van der Waals surface area (Å²) in [6.45, 7) is 2.44. The Hall–Kier alpha value is -1.66. The molecule has 25 heavy (non-hydrogen) atoms. The summed E-state index contributed by atoms with van der Waals surface area (Å²) in [7, 11) is -6.94. The van der Waals surface area contributed by atoms with E-state index < -0.39 is 25.1 Å². The molecule has 2 aliphatic rings. The van der Waals surface area contributed by atoms with Crippen molar-refractivity contribution in [2.24, 2.45) is 0 Å². The van der Waals surface area contributed by atoms with Gasteiger partial charge in [0.05, 0.1) is 16.8 Å².